The molecule has 26 heavy (non-hydrogen) atoms. The second-order valence-corrected chi connectivity index (χ2v) is 7.48. The van der Waals surface area contributed by atoms with Gasteiger partial charge < -0.3 is 10.1 Å². The molecule has 0 aliphatic carbocycles. The highest BCUT2D eigenvalue weighted by molar-refractivity contribution is 7.90. The lowest BCUT2D eigenvalue weighted by molar-refractivity contribution is -0.118. The third-order valence-corrected chi connectivity index (χ3v) is 5.94. The predicted octanol–water partition coefficient (Wildman–Crippen LogP) is 2.26. The molecule has 0 spiro atoms. The molecule has 136 valence electrons. The van der Waals surface area contributed by atoms with E-state index in [1.165, 1.54) is 25.1 Å². The van der Waals surface area contributed by atoms with Gasteiger partial charge in [0.15, 0.2) is 0 Å². The molecule has 1 N–H and O–H groups in total. The molecule has 2 aromatic carbocycles. The Morgan fingerprint density at radius 1 is 1.15 bits per heavy atom. The van der Waals surface area contributed by atoms with Gasteiger partial charge in [0.2, 0.25) is 5.91 Å². The van der Waals surface area contributed by atoms with E-state index in [1.807, 2.05) is 6.92 Å². The van der Waals surface area contributed by atoms with Crippen molar-refractivity contribution in [3.8, 4) is 5.75 Å². The molecule has 0 bridgehead atoms. The number of hydrogen-bond acceptors (Lipinski definition) is 5. The fourth-order valence-electron chi connectivity index (χ4n) is 2.78. The highest BCUT2D eigenvalue weighted by Gasteiger charge is 2.45. The summed E-state index contributed by atoms with van der Waals surface area (Å²) in [6, 6.07) is 11.5. The number of carbonyl (C=O) groups excluding carboxylic acids is 2. The number of amides is 2. The molecular formula is C18H18N2O5S. The SMILES string of the molecule is CCOc1ccccc1NC(=O)[C@@H](C)N1C(=O)c2ccccc2S1(=O)=O. The molecule has 7 nitrogen and oxygen atoms in total. The molecule has 1 atom stereocenters. The van der Waals surface area contributed by atoms with Crippen LogP contribution in [0.25, 0.3) is 0 Å². The van der Waals surface area contributed by atoms with Crippen molar-refractivity contribution in [1.29, 1.82) is 0 Å². The summed E-state index contributed by atoms with van der Waals surface area (Å²) in [5.41, 5.74) is 0.481. The third kappa shape index (κ3) is 2.92. The monoisotopic (exact) mass is 374 g/mol. The quantitative estimate of drug-likeness (QED) is 0.867. The second kappa shape index (κ2) is 6.80. The van der Waals surface area contributed by atoms with Crippen molar-refractivity contribution in [1.82, 2.24) is 4.31 Å². The largest absolute Gasteiger partial charge is 0.492 e. The van der Waals surface area contributed by atoms with Crippen molar-refractivity contribution in [2.45, 2.75) is 24.8 Å². The smallest absolute Gasteiger partial charge is 0.269 e. The van der Waals surface area contributed by atoms with E-state index >= 15 is 0 Å². The average molecular weight is 374 g/mol. The fraction of sp³-hybridized carbons (Fsp3) is 0.222. The zero-order valence-corrected chi connectivity index (χ0v) is 15.1. The number of sulfonamides is 1. The summed E-state index contributed by atoms with van der Waals surface area (Å²) < 4.78 is 31.4. The number of carbonyl (C=O) groups is 2. The van der Waals surface area contributed by atoms with Crippen LogP contribution < -0.4 is 10.1 Å². The standard InChI is InChI=1S/C18H18N2O5S/c1-3-25-15-10-6-5-9-14(15)19-17(21)12(2)20-18(22)13-8-4-7-11-16(13)26(20,23)24/h4-12H,3H2,1-2H3,(H,19,21)/t12-/m1/s1. The van der Waals surface area contributed by atoms with Crippen molar-refractivity contribution >= 4 is 27.5 Å². The van der Waals surface area contributed by atoms with Gasteiger partial charge in [0.1, 0.15) is 16.7 Å². The normalized spacial score (nSPS) is 16.1. The summed E-state index contributed by atoms with van der Waals surface area (Å²) in [6.45, 7) is 3.60. The first-order valence-corrected chi connectivity index (χ1v) is 9.52. The van der Waals surface area contributed by atoms with Crippen LogP contribution in [0, 0.1) is 0 Å². The van der Waals surface area contributed by atoms with Crippen molar-refractivity contribution in [2.75, 3.05) is 11.9 Å². The predicted molar refractivity (Wildman–Crippen MR) is 95.5 cm³/mol. The van der Waals surface area contributed by atoms with Crippen LogP contribution in [0.5, 0.6) is 5.75 Å². The van der Waals surface area contributed by atoms with Gasteiger partial charge in [-0.25, -0.2) is 12.7 Å². The molecule has 0 saturated carbocycles. The van der Waals surface area contributed by atoms with Crippen molar-refractivity contribution in [3.63, 3.8) is 0 Å². The highest BCUT2D eigenvalue weighted by atomic mass is 32.2. The summed E-state index contributed by atoms with van der Waals surface area (Å²) in [5.74, 6) is -0.863. The van der Waals surface area contributed by atoms with Crippen LogP contribution in [0.3, 0.4) is 0 Å². The van der Waals surface area contributed by atoms with Crippen LogP contribution in [-0.4, -0.2) is 37.2 Å². The maximum atomic E-state index is 12.7. The van der Waals surface area contributed by atoms with Crippen LogP contribution in [0.2, 0.25) is 0 Å². The number of benzene rings is 2. The van der Waals surface area contributed by atoms with Crippen molar-refractivity contribution in [2.24, 2.45) is 0 Å². The van der Waals surface area contributed by atoms with Gasteiger partial charge in [-0.05, 0) is 38.1 Å². The lowest BCUT2D eigenvalue weighted by Crippen LogP contribution is -2.45. The number of nitrogens with one attached hydrogen (secondary N) is 1. The average Bonchev–Trinajstić information content (AvgIpc) is 2.83. The van der Waals surface area contributed by atoms with Gasteiger partial charge in [-0.2, -0.15) is 0 Å². The zero-order valence-electron chi connectivity index (χ0n) is 14.3. The summed E-state index contributed by atoms with van der Waals surface area (Å²) in [4.78, 5) is 25.1. The number of rotatable bonds is 5. The molecule has 0 saturated heterocycles. The molecular weight excluding hydrogens is 356 g/mol. The van der Waals surface area contributed by atoms with Gasteiger partial charge in [-0.15, -0.1) is 0 Å². The first kappa shape index (κ1) is 17.9. The van der Waals surface area contributed by atoms with Gasteiger partial charge >= 0.3 is 0 Å². The van der Waals surface area contributed by atoms with E-state index < -0.39 is 27.9 Å². The van der Waals surface area contributed by atoms with E-state index in [0.717, 1.165) is 0 Å². The van der Waals surface area contributed by atoms with Gasteiger partial charge in [-0.1, -0.05) is 24.3 Å². The number of para-hydroxylation sites is 2. The van der Waals surface area contributed by atoms with Gasteiger partial charge in [-0.3, -0.25) is 9.59 Å². The first-order valence-electron chi connectivity index (χ1n) is 8.08. The van der Waals surface area contributed by atoms with Crippen LogP contribution in [0.1, 0.15) is 24.2 Å². The first-order chi connectivity index (χ1) is 12.4. The fourth-order valence-corrected chi connectivity index (χ4v) is 4.51. The van der Waals surface area contributed by atoms with Crippen LogP contribution >= 0.6 is 0 Å². The Kier molecular flexibility index (Phi) is 4.69. The summed E-state index contributed by atoms with van der Waals surface area (Å²) in [5, 5.41) is 2.63. The minimum Gasteiger partial charge on any atom is -0.492 e. The number of hydrogen-bond donors (Lipinski definition) is 1. The van der Waals surface area contributed by atoms with E-state index in [1.54, 1.807) is 30.3 Å². The molecule has 8 heteroatoms. The maximum Gasteiger partial charge on any atom is 0.269 e. The van der Waals surface area contributed by atoms with E-state index in [2.05, 4.69) is 5.32 Å². The minimum absolute atomic E-state index is 0.0712. The molecule has 0 fully saturated rings. The summed E-state index contributed by atoms with van der Waals surface area (Å²) >= 11 is 0. The molecule has 0 unspecified atom stereocenters. The number of nitrogens with zero attached hydrogens (tertiary/aromatic N) is 1. The zero-order chi connectivity index (χ0) is 18.9. The molecule has 3 rings (SSSR count). The van der Waals surface area contributed by atoms with E-state index in [9.17, 15) is 18.0 Å². The molecule has 1 aliphatic heterocycles. The van der Waals surface area contributed by atoms with Crippen LogP contribution in [-0.2, 0) is 14.8 Å². The van der Waals surface area contributed by atoms with Gasteiger partial charge in [0.25, 0.3) is 15.9 Å². The number of anilines is 1. The Morgan fingerprint density at radius 3 is 2.50 bits per heavy atom. The summed E-state index contributed by atoms with van der Waals surface area (Å²) in [7, 11) is -4.06. The number of fused-ring (bicyclic) bond motifs is 1. The third-order valence-electron chi connectivity index (χ3n) is 4.03. The van der Waals surface area contributed by atoms with E-state index in [0.29, 0.717) is 22.3 Å². The minimum atomic E-state index is -4.06. The Hall–Kier alpha value is -2.87. The molecule has 1 heterocycles. The maximum absolute atomic E-state index is 12.7. The van der Waals surface area contributed by atoms with Crippen molar-refractivity contribution < 1.29 is 22.7 Å². The molecule has 0 aromatic heterocycles. The molecule has 1 aliphatic rings. The molecule has 0 radical (unpaired) electrons. The Bertz CT molecular complexity index is 971. The second-order valence-electron chi connectivity index (χ2n) is 5.70. The van der Waals surface area contributed by atoms with Gasteiger partial charge in [0.05, 0.1) is 17.9 Å². The lowest BCUT2D eigenvalue weighted by atomic mass is 10.2. The Balaban J connectivity index is 1.88. The number of ether oxygens (including phenoxy) is 1. The van der Waals surface area contributed by atoms with E-state index in [-0.39, 0.29) is 10.5 Å². The Labute approximate surface area is 151 Å². The topological polar surface area (TPSA) is 92.8 Å². The lowest BCUT2D eigenvalue weighted by Gasteiger charge is -2.23. The molecule has 2 aromatic rings. The van der Waals surface area contributed by atoms with Gasteiger partial charge in [0, 0.05) is 0 Å². The van der Waals surface area contributed by atoms with Crippen LogP contribution in [0.4, 0.5) is 5.69 Å². The Morgan fingerprint density at radius 2 is 1.81 bits per heavy atom. The summed E-state index contributed by atoms with van der Waals surface area (Å²) in [6.07, 6.45) is 0. The van der Waals surface area contributed by atoms with Crippen LogP contribution in [0.15, 0.2) is 53.4 Å². The highest BCUT2D eigenvalue weighted by Crippen LogP contribution is 2.32. The van der Waals surface area contributed by atoms with Crippen molar-refractivity contribution in [3.05, 3.63) is 54.1 Å². The molecule has 2 amide bonds. The van der Waals surface area contributed by atoms with E-state index in [4.69, 9.17) is 4.74 Å².